The Bertz CT molecular complexity index is 487. The lowest BCUT2D eigenvalue weighted by Gasteiger charge is -2.37. The fourth-order valence-electron chi connectivity index (χ4n) is 3.38. The Morgan fingerprint density at radius 1 is 0.893 bits per heavy atom. The van der Waals surface area contributed by atoms with E-state index in [1.54, 1.807) is 14.2 Å². The highest BCUT2D eigenvalue weighted by atomic mass is 16.5. The second-order valence-corrected chi connectivity index (χ2v) is 8.67. The van der Waals surface area contributed by atoms with Gasteiger partial charge in [0.2, 0.25) is 11.8 Å². The number of ether oxygens (including phenoxy) is 2. The molecule has 6 nitrogen and oxygen atoms in total. The van der Waals surface area contributed by atoms with Gasteiger partial charge in [-0.25, -0.2) is 0 Å². The highest BCUT2D eigenvalue weighted by Crippen LogP contribution is 2.35. The first-order valence-electron chi connectivity index (χ1n) is 10.6. The third-order valence-corrected chi connectivity index (χ3v) is 6.52. The molecule has 0 aromatic rings. The molecule has 0 aromatic carbocycles. The molecule has 166 valence electrons. The molecule has 0 aliphatic carbocycles. The lowest BCUT2D eigenvalue weighted by Crippen LogP contribution is -2.49. The molecule has 0 bridgehead atoms. The Morgan fingerprint density at radius 3 is 1.82 bits per heavy atom. The molecular weight excluding hydrogens is 356 g/mol. The average Bonchev–Trinajstić information content (AvgIpc) is 2.70. The van der Waals surface area contributed by atoms with Crippen molar-refractivity contribution >= 4 is 11.8 Å². The molecule has 0 radical (unpaired) electrons. The molecule has 0 aliphatic heterocycles. The molecule has 3 unspecified atom stereocenters. The Balaban J connectivity index is 4.84. The Morgan fingerprint density at radius 2 is 1.43 bits per heavy atom. The van der Waals surface area contributed by atoms with E-state index in [1.807, 2.05) is 27.7 Å². The second-order valence-electron chi connectivity index (χ2n) is 8.67. The zero-order valence-electron chi connectivity index (χ0n) is 19.7. The van der Waals surface area contributed by atoms with Crippen molar-refractivity contribution in [3.05, 3.63) is 0 Å². The first-order valence-corrected chi connectivity index (χ1v) is 10.6. The molecule has 0 aliphatic rings. The molecule has 0 aromatic heterocycles. The molecule has 0 rings (SSSR count). The van der Waals surface area contributed by atoms with Crippen molar-refractivity contribution in [2.45, 2.75) is 104 Å². The van der Waals surface area contributed by atoms with E-state index in [-0.39, 0.29) is 35.6 Å². The Hall–Kier alpha value is -1.14. The summed E-state index contributed by atoms with van der Waals surface area (Å²) >= 11 is 0. The second kappa shape index (κ2) is 11.8. The van der Waals surface area contributed by atoms with Crippen molar-refractivity contribution in [3.8, 4) is 0 Å². The minimum absolute atomic E-state index is 0.0173. The van der Waals surface area contributed by atoms with Crippen molar-refractivity contribution in [1.29, 1.82) is 0 Å². The summed E-state index contributed by atoms with van der Waals surface area (Å²) in [6.07, 6.45) is 4.54. The van der Waals surface area contributed by atoms with Gasteiger partial charge >= 0.3 is 0 Å². The summed E-state index contributed by atoms with van der Waals surface area (Å²) in [5.41, 5.74) is -1.20. The first kappa shape index (κ1) is 26.9. The van der Waals surface area contributed by atoms with E-state index in [0.717, 1.165) is 25.7 Å². The van der Waals surface area contributed by atoms with Crippen LogP contribution < -0.4 is 10.6 Å². The minimum atomic E-state index is -0.581. The Kier molecular flexibility index (Phi) is 11.3. The van der Waals surface area contributed by atoms with Crippen LogP contribution in [0, 0.1) is 5.41 Å². The zero-order chi connectivity index (χ0) is 22.0. The maximum Gasteiger partial charge on any atom is 0.239 e. The molecule has 0 spiro atoms. The molecule has 6 heteroatoms. The first-order chi connectivity index (χ1) is 13.0. The molecule has 4 atom stereocenters. The molecule has 28 heavy (non-hydrogen) atoms. The van der Waals surface area contributed by atoms with Crippen LogP contribution in [0.15, 0.2) is 0 Å². The van der Waals surface area contributed by atoms with E-state index < -0.39 is 5.41 Å². The van der Waals surface area contributed by atoms with Crippen LogP contribution in [0.2, 0.25) is 0 Å². The van der Waals surface area contributed by atoms with Gasteiger partial charge in [-0.15, -0.1) is 0 Å². The Labute approximate surface area is 172 Å². The fourth-order valence-corrected chi connectivity index (χ4v) is 3.38. The molecule has 0 fully saturated rings. The van der Waals surface area contributed by atoms with Gasteiger partial charge in [-0.2, -0.15) is 0 Å². The van der Waals surface area contributed by atoms with Gasteiger partial charge in [0.25, 0.3) is 0 Å². The topological polar surface area (TPSA) is 76.7 Å². The molecule has 2 N–H and O–H groups in total. The number of carbonyl (C=O) groups excluding carboxylic acids is 2. The molecule has 0 heterocycles. The SMILES string of the molecule is CCC(C[C@@](C)(CC)OC)NC(=O)CNC(=O)C(C)(CC)CC(C)(CC)OC. The van der Waals surface area contributed by atoms with Crippen molar-refractivity contribution < 1.29 is 19.1 Å². The van der Waals surface area contributed by atoms with Crippen LogP contribution in [-0.2, 0) is 19.1 Å². The van der Waals surface area contributed by atoms with E-state index in [9.17, 15) is 9.59 Å². The lowest BCUT2D eigenvalue weighted by molar-refractivity contribution is -0.137. The van der Waals surface area contributed by atoms with Gasteiger partial charge in [0.15, 0.2) is 0 Å². The van der Waals surface area contributed by atoms with Gasteiger partial charge in [0, 0.05) is 25.7 Å². The van der Waals surface area contributed by atoms with Crippen LogP contribution in [0.5, 0.6) is 0 Å². The molecular formula is C22H44N2O4. The quantitative estimate of drug-likeness (QED) is 0.465. The van der Waals surface area contributed by atoms with Gasteiger partial charge in [0.1, 0.15) is 0 Å². The average molecular weight is 401 g/mol. The molecule has 2 amide bonds. The minimum Gasteiger partial charge on any atom is -0.379 e. The number of hydrogen-bond donors (Lipinski definition) is 2. The number of nitrogens with one attached hydrogen (secondary N) is 2. The summed E-state index contributed by atoms with van der Waals surface area (Å²) in [5, 5.41) is 5.86. The highest BCUT2D eigenvalue weighted by molar-refractivity contribution is 5.87. The predicted molar refractivity (Wildman–Crippen MR) is 114 cm³/mol. The van der Waals surface area contributed by atoms with E-state index in [4.69, 9.17) is 9.47 Å². The normalized spacial score (nSPS) is 19.0. The van der Waals surface area contributed by atoms with Gasteiger partial charge < -0.3 is 20.1 Å². The third-order valence-electron chi connectivity index (χ3n) is 6.52. The number of hydrogen-bond acceptors (Lipinski definition) is 4. The maximum absolute atomic E-state index is 12.8. The smallest absolute Gasteiger partial charge is 0.239 e. The van der Waals surface area contributed by atoms with Gasteiger partial charge in [-0.3, -0.25) is 9.59 Å². The van der Waals surface area contributed by atoms with E-state index in [0.29, 0.717) is 12.8 Å². The van der Waals surface area contributed by atoms with Crippen molar-refractivity contribution in [2.24, 2.45) is 5.41 Å². The summed E-state index contributed by atoms with van der Waals surface area (Å²) in [6.45, 7) is 14.2. The van der Waals surface area contributed by atoms with E-state index >= 15 is 0 Å². The van der Waals surface area contributed by atoms with Crippen molar-refractivity contribution in [3.63, 3.8) is 0 Å². The van der Waals surface area contributed by atoms with Crippen molar-refractivity contribution in [2.75, 3.05) is 20.8 Å². The largest absolute Gasteiger partial charge is 0.379 e. The third kappa shape index (κ3) is 8.08. The van der Waals surface area contributed by atoms with Gasteiger partial charge in [-0.05, 0) is 52.4 Å². The number of amides is 2. The summed E-state index contributed by atoms with van der Waals surface area (Å²) in [4.78, 5) is 25.2. The number of rotatable bonds is 14. The summed E-state index contributed by atoms with van der Waals surface area (Å²) in [7, 11) is 3.38. The van der Waals surface area contributed by atoms with E-state index in [1.165, 1.54) is 0 Å². The zero-order valence-corrected chi connectivity index (χ0v) is 19.7. The van der Waals surface area contributed by atoms with Gasteiger partial charge in [-0.1, -0.05) is 34.6 Å². The monoisotopic (exact) mass is 400 g/mol. The van der Waals surface area contributed by atoms with Crippen molar-refractivity contribution in [1.82, 2.24) is 10.6 Å². The summed E-state index contributed by atoms with van der Waals surface area (Å²) in [6, 6.07) is 0.0173. The van der Waals surface area contributed by atoms with Crippen LogP contribution in [0.1, 0.15) is 87.0 Å². The summed E-state index contributed by atoms with van der Waals surface area (Å²) in [5.74, 6) is -0.275. The number of carbonyl (C=O) groups is 2. The predicted octanol–water partition coefficient (Wildman–Crippen LogP) is 3.82. The molecule has 0 saturated heterocycles. The maximum atomic E-state index is 12.8. The van der Waals surface area contributed by atoms with Gasteiger partial charge in [0.05, 0.1) is 17.7 Å². The van der Waals surface area contributed by atoms with Crippen LogP contribution in [0.25, 0.3) is 0 Å². The lowest BCUT2D eigenvalue weighted by atomic mass is 9.75. The van der Waals surface area contributed by atoms with Crippen LogP contribution in [0.4, 0.5) is 0 Å². The van der Waals surface area contributed by atoms with E-state index in [2.05, 4.69) is 31.4 Å². The molecule has 0 saturated carbocycles. The fraction of sp³-hybridized carbons (Fsp3) is 0.909. The highest BCUT2D eigenvalue weighted by Gasteiger charge is 2.39. The van der Waals surface area contributed by atoms with Crippen LogP contribution in [0.3, 0.4) is 0 Å². The summed E-state index contributed by atoms with van der Waals surface area (Å²) < 4.78 is 11.2. The van der Waals surface area contributed by atoms with Crippen LogP contribution in [-0.4, -0.2) is 49.8 Å². The number of methoxy groups -OCH3 is 2. The standard InChI is InChI=1S/C22H44N2O4/c1-10-17(14-21(6,12-3)27-8)24-18(25)15-23-19(26)20(5,11-2)16-22(7,13-4)28-9/h17H,10-16H2,1-9H3,(H,23,26)(H,24,25)/t17?,20?,21-,22?/m1/s1. The van der Waals surface area contributed by atoms with Crippen LogP contribution >= 0.6 is 0 Å².